The highest BCUT2D eigenvalue weighted by Gasteiger charge is 2.37. The van der Waals surface area contributed by atoms with Crippen molar-refractivity contribution in [2.24, 2.45) is 5.92 Å². The number of aliphatic hydroxyl groups excluding tert-OH is 1. The Kier molecular flexibility index (Phi) is 3.91. The summed E-state index contributed by atoms with van der Waals surface area (Å²) in [5.74, 6) is -0.471. The Morgan fingerprint density at radius 1 is 1.56 bits per heavy atom. The minimum atomic E-state index is -0.591. The molecule has 1 fully saturated rings. The van der Waals surface area contributed by atoms with Gasteiger partial charge in [-0.2, -0.15) is 0 Å². The van der Waals surface area contributed by atoms with E-state index in [4.69, 9.17) is 9.84 Å². The Hall–Kier alpha value is -1.10. The second kappa shape index (κ2) is 4.82. The van der Waals surface area contributed by atoms with Gasteiger partial charge in [0.1, 0.15) is 5.60 Å². The first-order chi connectivity index (χ1) is 7.35. The first kappa shape index (κ1) is 13.0. The topological polar surface area (TPSA) is 66.8 Å². The Morgan fingerprint density at radius 3 is 2.69 bits per heavy atom. The fraction of sp³-hybridized carbons (Fsp3) is 0.818. The van der Waals surface area contributed by atoms with Crippen LogP contribution in [0.3, 0.4) is 0 Å². The number of carbonyl (C=O) groups is 2. The average molecular weight is 229 g/mol. The molecule has 0 aliphatic carbocycles. The SMILES string of the molecule is CC(C)(C)OC(=O)N1CCC(CCO)C1=O. The van der Waals surface area contributed by atoms with E-state index in [2.05, 4.69) is 0 Å². The van der Waals surface area contributed by atoms with Gasteiger partial charge in [0.2, 0.25) is 5.91 Å². The Morgan fingerprint density at radius 2 is 2.19 bits per heavy atom. The molecule has 1 atom stereocenters. The zero-order valence-corrected chi connectivity index (χ0v) is 10.0. The van der Waals surface area contributed by atoms with Crippen molar-refractivity contribution in [2.75, 3.05) is 13.2 Å². The second-order valence-electron chi connectivity index (χ2n) is 4.97. The molecule has 0 spiro atoms. The van der Waals surface area contributed by atoms with Crippen LogP contribution in [-0.2, 0) is 9.53 Å². The molecule has 1 unspecified atom stereocenters. The summed E-state index contributed by atoms with van der Waals surface area (Å²) in [4.78, 5) is 24.5. The number of likely N-dealkylation sites (tertiary alicyclic amines) is 1. The van der Waals surface area contributed by atoms with Crippen LogP contribution in [0.2, 0.25) is 0 Å². The van der Waals surface area contributed by atoms with Gasteiger partial charge < -0.3 is 9.84 Å². The van der Waals surface area contributed by atoms with Gasteiger partial charge in [0.15, 0.2) is 0 Å². The quantitative estimate of drug-likeness (QED) is 0.771. The van der Waals surface area contributed by atoms with Crippen molar-refractivity contribution in [3.05, 3.63) is 0 Å². The number of hydrogen-bond donors (Lipinski definition) is 1. The number of aliphatic hydroxyl groups is 1. The lowest BCUT2D eigenvalue weighted by molar-refractivity contribution is -0.130. The fourth-order valence-corrected chi connectivity index (χ4v) is 1.66. The molecule has 1 heterocycles. The van der Waals surface area contributed by atoms with E-state index in [-0.39, 0.29) is 18.4 Å². The maximum Gasteiger partial charge on any atom is 0.417 e. The van der Waals surface area contributed by atoms with E-state index in [0.29, 0.717) is 19.4 Å². The zero-order chi connectivity index (χ0) is 12.3. The molecule has 0 aromatic rings. The highest BCUT2D eigenvalue weighted by molar-refractivity contribution is 5.95. The van der Waals surface area contributed by atoms with Crippen molar-refractivity contribution in [3.63, 3.8) is 0 Å². The zero-order valence-electron chi connectivity index (χ0n) is 10.0. The molecule has 1 aliphatic heterocycles. The summed E-state index contributed by atoms with van der Waals surface area (Å²) in [6.45, 7) is 5.64. The van der Waals surface area contributed by atoms with Gasteiger partial charge in [-0.05, 0) is 33.6 Å². The molecule has 1 N–H and O–H groups in total. The van der Waals surface area contributed by atoms with E-state index in [1.807, 2.05) is 0 Å². The molecule has 1 rings (SSSR count). The van der Waals surface area contributed by atoms with E-state index in [0.717, 1.165) is 4.90 Å². The molecule has 0 aromatic carbocycles. The highest BCUT2D eigenvalue weighted by Crippen LogP contribution is 2.23. The summed E-state index contributed by atoms with van der Waals surface area (Å²) >= 11 is 0. The molecule has 1 aliphatic rings. The van der Waals surface area contributed by atoms with Gasteiger partial charge >= 0.3 is 6.09 Å². The van der Waals surface area contributed by atoms with Crippen molar-refractivity contribution < 1.29 is 19.4 Å². The standard InChI is InChI=1S/C11H19NO4/c1-11(2,3)16-10(15)12-6-4-8(5-7-13)9(12)14/h8,13H,4-7H2,1-3H3. The average Bonchev–Trinajstić information content (AvgIpc) is 2.46. The van der Waals surface area contributed by atoms with E-state index < -0.39 is 11.7 Å². The maximum atomic E-state index is 11.7. The molecule has 0 saturated carbocycles. The van der Waals surface area contributed by atoms with E-state index in [1.165, 1.54) is 0 Å². The van der Waals surface area contributed by atoms with Crippen LogP contribution in [0.15, 0.2) is 0 Å². The number of hydrogen-bond acceptors (Lipinski definition) is 4. The molecule has 0 radical (unpaired) electrons. The van der Waals surface area contributed by atoms with Crippen molar-refractivity contribution >= 4 is 12.0 Å². The van der Waals surface area contributed by atoms with Crippen molar-refractivity contribution in [1.29, 1.82) is 0 Å². The summed E-state index contributed by atoms with van der Waals surface area (Å²) in [5.41, 5.74) is -0.591. The molecule has 2 amide bonds. The van der Waals surface area contributed by atoms with Crippen LogP contribution in [0, 0.1) is 5.92 Å². The first-order valence-electron chi connectivity index (χ1n) is 5.50. The molecule has 0 bridgehead atoms. The Labute approximate surface area is 95.4 Å². The first-order valence-corrected chi connectivity index (χ1v) is 5.50. The van der Waals surface area contributed by atoms with Crippen LogP contribution in [0.4, 0.5) is 4.79 Å². The third-order valence-corrected chi connectivity index (χ3v) is 2.41. The predicted octanol–water partition coefficient (Wildman–Crippen LogP) is 1.15. The molecular formula is C11H19NO4. The lowest BCUT2D eigenvalue weighted by Gasteiger charge is -2.23. The Balaban J connectivity index is 2.57. The van der Waals surface area contributed by atoms with Gasteiger partial charge in [0.05, 0.1) is 0 Å². The van der Waals surface area contributed by atoms with Crippen LogP contribution in [0.25, 0.3) is 0 Å². The minimum Gasteiger partial charge on any atom is -0.443 e. The highest BCUT2D eigenvalue weighted by atomic mass is 16.6. The maximum absolute atomic E-state index is 11.7. The number of imide groups is 1. The number of nitrogens with zero attached hydrogens (tertiary/aromatic N) is 1. The fourth-order valence-electron chi connectivity index (χ4n) is 1.66. The monoisotopic (exact) mass is 229 g/mol. The molecule has 1 saturated heterocycles. The van der Waals surface area contributed by atoms with Crippen LogP contribution < -0.4 is 0 Å². The summed E-state index contributed by atoms with van der Waals surface area (Å²) in [5, 5.41) is 8.77. The van der Waals surface area contributed by atoms with Crippen LogP contribution in [-0.4, -0.2) is 40.8 Å². The molecular weight excluding hydrogens is 210 g/mol. The molecule has 16 heavy (non-hydrogen) atoms. The summed E-state index contributed by atoms with van der Waals surface area (Å²) in [6, 6.07) is 0. The van der Waals surface area contributed by atoms with Crippen LogP contribution in [0.5, 0.6) is 0 Å². The van der Waals surface area contributed by atoms with Crippen LogP contribution in [0.1, 0.15) is 33.6 Å². The van der Waals surface area contributed by atoms with E-state index in [9.17, 15) is 9.59 Å². The normalized spacial score (nSPS) is 21.4. The summed E-state index contributed by atoms with van der Waals surface area (Å²) < 4.78 is 5.12. The van der Waals surface area contributed by atoms with Gasteiger partial charge in [-0.15, -0.1) is 0 Å². The van der Waals surface area contributed by atoms with E-state index >= 15 is 0 Å². The van der Waals surface area contributed by atoms with Crippen molar-refractivity contribution in [1.82, 2.24) is 4.90 Å². The van der Waals surface area contributed by atoms with Crippen molar-refractivity contribution in [3.8, 4) is 0 Å². The molecule has 92 valence electrons. The minimum absolute atomic E-state index is 0.0292. The van der Waals surface area contributed by atoms with Gasteiger partial charge in [-0.25, -0.2) is 9.69 Å². The second-order valence-corrected chi connectivity index (χ2v) is 4.97. The predicted molar refractivity (Wildman–Crippen MR) is 57.8 cm³/mol. The Bertz CT molecular complexity index is 282. The van der Waals surface area contributed by atoms with Gasteiger partial charge in [0, 0.05) is 19.1 Å². The number of carbonyl (C=O) groups excluding carboxylic acids is 2. The smallest absolute Gasteiger partial charge is 0.417 e. The number of amides is 2. The molecule has 5 heteroatoms. The van der Waals surface area contributed by atoms with E-state index in [1.54, 1.807) is 20.8 Å². The van der Waals surface area contributed by atoms with Crippen LogP contribution >= 0.6 is 0 Å². The summed E-state index contributed by atoms with van der Waals surface area (Å²) in [7, 11) is 0. The largest absolute Gasteiger partial charge is 0.443 e. The lowest BCUT2D eigenvalue weighted by atomic mass is 10.1. The van der Waals surface area contributed by atoms with Crippen molar-refractivity contribution in [2.45, 2.75) is 39.2 Å². The number of rotatable bonds is 2. The lowest BCUT2D eigenvalue weighted by Crippen LogP contribution is -2.38. The summed E-state index contributed by atoms with van der Waals surface area (Å²) in [6.07, 6.45) is 0.439. The van der Waals surface area contributed by atoms with Gasteiger partial charge in [-0.3, -0.25) is 4.79 Å². The third kappa shape index (κ3) is 3.20. The van der Waals surface area contributed by atoms with Gasteiger partial charge in [-0.1, -0.05) is 0 Å². The molecule has 0 aromatic heterocycles. The molecule has 5 nitrogen and oxygen atoms in total. The third-order valence-electron chi connectivity index (χ3n) is 2.41. The number of ether oxygens (including phenoxy) is 1. The van der Waals surface area contributed by atoms with Gasteiger partial charge in [0.25, 0.3) is 0 Å².